The molecule has 3 atom stereocenters. The Balaban J connectivity index is 1.80. The number of benzene rings is 1. The van der Waals surface area contributed by atoms with Crippen LogP contribution in [0.5, 0.6) is 0 Å². The molecular weight excluding hydrogens is 332 g/mol. The van der Waals surface area contributed by atoms with E-state index in [4.69, 9.17) is 5.11 Å². The highest BCUT2D eigenvalue weighted by atomic mass is 16.4. The van der Waals surface area contributed by atoms with Crippen molar-refractivity contribution in [3.63, 3.8) is 0 Å². The Morgan fingerprint density at radius 3 is 2.58 bits per heavy atom. The minimum atomic E-state index is -0.819. The second kappa shape index (κ2) is 6.67. The lowest BCUT2D eigenvalue weighted by molar-refractivity contribution is -0.137. The Labute approximate surface area is 153 Å². The fraction of sp³-hybridized carbons (Fsp3) is 0.600. The molecular formula is C20H27N2O4+. The van der Waals surface area contributed by atoms with Gasteiger partial charge in [0, 0.05) is 36.9 Å². The van der Waals surface area contributed by atoms with Crippen LogP contribution in [0.4, 0.5) is 10.5 Å². The van der Waals surface area contributed by atoms with Crippen LogP contribution in [0.3, 0.4) is 0 Å². The first-order chi connectivity index (χ1) is 12.5. The number of carbonyl (C=O) groups is 2. The second-order valence-electron chi connectivity index (χ2n) is 7.95. The number of nitrogens with zero attached hydrogens (tertiary/aromatic N) is 2. The van der Waals surface area contributed by atoms with Crippen LogP contribution in [0.1, 0.15) is 50.5 Å². The summed E-state index contributed by atoms with van der Waals surface area (Å²) in [5.74, 6) is -0.429. The first-order valence-corrected chi connectivity index (χ1v) is 9.74. The summed E-state index contributed by atoms with van der Waals surface area (Å²) in [6.45, 7) is 0.515. The van der Waals surface area contributed by atoms with Gasteiger partial charge < -0.3 is 10.2 Å². The van der Waals surface area contributed by atoms with Crippen molar-refractivity contribution in [1.29, 1.82) is 0 Å². The number of rotatable bonds is 6. The summed E-state index contributed by atoms with van der Waals surface area (Å²) in [6, 6.07) is 8.29. The summed E-state index contributed by atoms with van der Waals surface area (Å²) in [4.78, 5) is 23.9. The van der Waals surface area contributed by atoms with Gasteiger partial charge in [-0.3, -0.25) is 4.79 Å². The number of hydrogen-bond acceptors (Lipinski definition) is 3. The van der Waals surface area contributed by atoms with Crippen molar-refractivity contribution in [2.75, 3.05) is 6.54 Å². The Bertz CT molecular complexity index is 718. The SMILES string of the molecule is O=C(O)CCCN(C1CC1)[N+]1(C(=O)O)c2ccccc2C[C@H]2CCC[C@H]21. The van der Waals surface area contributed by atoms with Crippen molar-refractivity contribution in [1.82, 2.24) is 9.60 Å². The van der Waals surface area contributed by atoms with Crippen LogP contribution in [0.25, 0.3) is 0 Å². The summed E-state index contributed by atoms with van der Waals surface area (Å²) in [5, 5.41) is 21.7. The molecule has 26 heavy (non-hydrogen) atoms. The Morgan fingerprint density at radius 2 is 1.88 bits per heavy atom. The molecule has 2 saturated carbocycles. The van der Waals surface area contributed by atoms with Crippen molar-refractivity contribution in [2.45, 2.75) is 63.5 Å². The molecule has 1 amide bonds. The highest BCUT2D eigenvalue weighted by molar-refractivity contribution is 5.83. The van der Waals surface area contributed by atoms with Gasteiger partial charge in [0.2, 0.25) is 0 Å². The highest BCUT2D eigenvalue weighted by Gasteiger charge is 2.62. The van der Waals surface area contributed by atoms with E-state index in [1.54, 1.807) is 0 Å². The zero-order valence-electron chi connectivity index (χ0n) is 15.0. The quantitative estimate of drug-likeness (QED) is 0.758. The fourth-order valence-electron chi connectivity index (χ4n) is 5.27. The summed E-state index contributed by atoms with van der Waals surface area (Å²) >= 11 is 0. The van der Waals surface area contributed by atoms with Crippen molar-refractivity contribution in [3.8, 4) is 0 Å². The minimum Gasteiger partial charge on any atom is -0.481 e. The number of carboxylic acids is 1. The molecule has 140 valence electrons. The van der Waals surface area contributed by atoms with Crippen LogP contribution in [0.15, 0.2) is 24.3 Å². The molecule has 1 aromatic rings. The van der Waals surface area contributed by atoms with E-state index in [-0.39, 0.29) is 23.1 Å². The maximum Gasteiger partial charge on any atom is 0.539 e. The molecule has 4 rings (SSSR count). The molecule has 0 radical (unpaired) electrons. The lowest BCUT2D eigenvalue weighted by Crippen LogP contribution is -2.73. The number of amides is 1. The third kappa shape index (κ3) is 2.72. The van der Waals surface area contributed by atoms with Crippen LogP contribution in [-0.4, -0.2) is 45.9 Å². The summed E-state index contributed by atoms with van der Waals surface area (Å²) in [5.41, 5.74) is 2.03. The molecule has 0 bridgehead atoms. The lowest BCUT2D eigenvalue weighted by Gasteiger charge is -2.49. The van der Waals surface area contributed by atoms with Crippen molar-refractivity contribution in [3.05, 3.63) is 29.8 Å². The van der Waals surface area contributed by atoms with E-state index in [0.717, 1.165) is 49.8 Å². The number of fused-ring (bicyclic) bond motifs is 2. The molecule has 6 heteroatoms. The predicted molar refractivity (Wildman–Crippen MR) is 97.7 cm³/mol. The third-order valence-electron chi connectivity index (χ3n) is 6.38. The molecule has 1 unspecified atom stereocenters. The Morgan fingerprint density at radius 1 is 1.12 bits per heavy atom. The first kappa shape index (κ1) is 17.5. The smallest absolute Gasteiger partial charge is 0.481 e. The maximum absolute atomic E-state index is 12.9. The highest BCUT2D eigenvalue weighted by Crippen LogP contribution is 2.50. The van der Waals surface area contributed by atoms with E-state index in [9.17, 15) is 14.7 Å². The van der Waals surface area contributed by atoms with Crippen molar-refractivity contribution >= 4 is 17.7 Å². The standard InChI is InChI=1S/C20H26N2O4/c23-19(24)9-4-12-21(16-10-11-16)22(20(25)26)17-7-2-1-5-14(17)13-15-6-3-8-18(15)22/h1-2,5,7,15-16,18H,3-4,6,8-13H2,(H-,23,24,25,26)/p+1/t15-,18-,22?/m1/s1. The van der Waals surface area contributed by atoms with E-state index in [1.165, 1.54) is 0 Å². The molecule has 0 saturated heterocycles. The summed E-state index contributed by atoms with van der Waals surface area (Å²) in [7, 11) is 0. The summed E-state index contributed by atoms with van der Waals surface area (Å²) in [6.07, 6.45) is 5.80. The first-order valence-electron chi connectivity index (χ1n) is 9.74. The molecule has 1 aliphatic heterocycles. The van der Waals surface area contributed by atoms with Gasteiger partial charge in [0.05, 0.1) is 6.04 Å². The summed E-state index contributed by atoms with van der Waals surface area (Å²) < 4.78 is -0.106. The molecule has 6 nitrogen and oxygen atoms in total. The number of aliphatic carboxylic acids is 1. The van der Waals surface area contributed by atoms with Crippen LogP contribution in [0.2, 0.25) is 0 Å². The zero-order valence-corrected chi connectivity index (χ0v) is 15.0. The third-order valence-corrected chi connectivity index (χ3v) is 6.38. The Hall–Kier alpha value is -1.92. The van der Waals surface area contributed by atoms with Gasteiger partial charge in [0.25, 0.3) is 0 Å². The predicted octanol–water partition coefficient (Wildman–Crippen LogP) is 3.64. The van der Waals surface area contributed by atoms with E-state index in [2.05, 4.69) is 11.1 Å². The van der Waals surface area contributed by atoms with E-state index < -0.39 is 12.1 Å². The van der Waals surface area contributed by atoms with Crippen molar-refractivity contribution in [2.24, 2.45) is 5.92 Å². The molecule has 1 heterocycles. The largest absolute Gasteiger partial charge is 0.539 e. The maximum atomic E-state index is 12.9. The topological polar surface area (TPSA) is 77.8 Å². The lowest BCUT2D eigenvalue weighted by atomic mass is 9.86. The molecule has 2 aliphatic carbocycles. The van der Waals surface area contributed by atoms with Gasteiger partial charge in [-0.15, -0.1) is 9.60 Å². The monoisotopic (exact) mass is 359 g/mol. The van der Waals surface area contributed by atoms with Crippen LogP contribution >= 0.6 is 0 Å². The van der Waals surface area contributed by atoms with Crippen molar-refractivity contribution < 1.29 is 19.8 Å². The van der Waals surface area contributed by atoms with E-state index in [0.29, 0.717) is 18.9 Å². The molecule has 3 aliphatic rings. The number of para-hydroxylation sites is 1. The molecule has 2 fully saturated rings. The van der Waals surface area contributed by atoms with E-state index >= 15 is 0 Å². The average Bonchev–Trinajstić information content (AvgIpc) is 3.34. The molecule has 0 aromatic heterocycles. The second-order valence-corrected chi connectivity index (χ2v) is 7.95. The van der Waals surface area contributed by atoms with Gasteiger partial charge >= 0.3 is 12.1 Å². The van der Waals surface area contributed by atoms with Gasteiger partial charge in [-0.1, -0.05) is 18.2 Å². The van der Waals surface area contributed by atoms with Crippen LogP contribution in [0, 0.1) is 5.92 Å². The van der Waals surface area contributed by atoms with Gasteiger partial charge in [0.1, 0.15) is 6.04 Å². The number of hydrogen-bond donors (Lipinski definition) is 2. The van der Waals surface area contributed by atoms with Gasteiger partial charge in [0.15, 0.2) is 5.69 Å². The minimum absolute atomic E-state index is 0.0628. The zero-order chi connectivity index (χ0) is 18.3. The fourth-order valence-corrected chi connectivity index (χ4v) is 5.27. The average molecular weight is 359 g/mol. The van der Waals surface area contributed by atoms with Gasteiger partial charge in [-0.05, 0) is 38.5 Å². The van der Waals surface area contributed by atoms with Crippen LogP contribution in [-0.2, 0) is 11.2 Å². The normalized spacial score (nSPS) is 30.0. The van der Waals surface area contributed by atoms with Gasteiger partial charge in [-0.2, -0.15) is 4.79 Å². The molecule has 2 N–H and O–H groups in total. The molecule has 0 spiro atoms. The van der Waals surface area contributed by atoms with Crippen LogP contribution < -0.4 is 4.59 Å². The van der Waals surface area contributed by atoms with E-state index in [1.807, 2.05) is 18.2 Å². The van der Waals surface area contributed by atoms with Gasteiger partial charge in [-0.25, -0.2) is 0 Å². The number of quaternary nitrogens is 1. The molecule has 1 aromatic carbocycles. The number of carboxylic acid groups (broad SMARTS) is 2. The Kier molecular flexibility index (Phi) is 4.49.